The molecule has 0 atom stereocenters. The third kappa shape index (κ3) is 4.80. The van der Waals surface area contributed by atoms with Crippen LogP contribution in [0.1, 0.15) is 44.1 Å². The highest BCUT2D eigenvalue weighted by Gasteiger charge is 2.13. The second-order valence-corrected chi connectivity index (χ2v) is 6.01. The number of benzene rings is 1. The SMILES string of the molecule is Cc1ccc(Cl)cc1NC(=O)CNC1CCCCCC1. The zero-order valence-corrected chi connectivity index (χ0v) is 12.8. The maximum absolute atomic E-state index is 12.0. The second kappa shape index (κ2) is 7.65. The monoisotopic (exact) mass is 294 g/mol. The van der Waals surface area contributed by atoms with Crippen LogP contribution in [0.4, 0.5) is 5.69 Å². The van der Waals surface area contributed by atoms with Gasteiger partial charge in [-0.05, 0) is 37.5 Å². The zero-order valence-electron chi connectivity index (χ0n) is 12.0. The van der Waals surface area contributed by atoms with Crippen molar-refractivity contribution in [2.24, 2.45) is 0 Å². The molecule has 1 aromatic rings. The molecule has 2 rings (SSSR count). The molecule has 20 heavy (non-hydrogen) atoms. The number of carbonyl (C=O) groups excluding carboxylic acids is 1. The average molecular weight is 295 g/mol. The van der Waals surface area contributed by atoms with Crippen LogP contribution < -0.4 is 10.6 Å². The van der Waals surface area contributed by atoms with Crippen molar-refractivity contribution < 1.29 is 4.79 Å². The van der Waals surface area contributed by atoms with E-state index in [9.17, 15) is 4.79 Å². The van der Waals surface area contributed by atoms with E-state index < -0.39 is 0 Å². The molecule has 0 aromatic heterocycles. The Balaban J connectivity index is 1.81. The van der Waals surface area contributed by atoms with Gasteiger partial charge in [0.05, 0.1) is 6.54 Å². The topological polar surface area (TPSA) is 41.1 Å². The van der Waals surface area contributed by atoms with Crippen LogP contribution >= 0.6 is 11.6 Å². The van der Waals surface area contributed by atoms with E-state index in [0.29, 0.717) is 17.6 Å². The molecule has 0 radical (unpaired) electrons. The Labute approximate surface area is 126 Å². The summed E-state index contributed by atoms with van der Waals surface area (Å²) in [6.45, 7) is 2.33. The first kappa shape index (κ1) is 15.3. The summed E-state index contributed by atoms with van der Waals surface area (Å²) in [6, 6.07) is 6.02. The fraction of sp³-hybridized carbons (Fsp3) is 0.562. The van der Waals surface area contributed by atoms with Crippen molar-refractivity contribution >= 4 is 23.2 Å². The maximum Gasteiger partial charge on any atom is 0.238 e. The minimum absolute atomic E-state index is 0.000358. The fourth-order valence-electron chi connectivity index (χ4n) is 2.64. The highest BCUT2D eigenvalue weighted by molar-refractivity contribution is 6.31. The third-order valence-electron chi connectivity index (χ3n) is 3.88. The summed E-state index contributed by atoms with van der Waals surface area (Å²) in [4.78, 5) is 12.0. The summed E-state index contributed by atoms with van der Waals surface area (Å²) in [5.74, 6) is -0.000358. The summed E-state index contributed by atoms with van der Waals surface area (Å²) < 4.78 is 0. The van der Waals surface area contributed by atoms with Gasteiger partial charge in [0.1, 0.15) is 0 Å². The Morgan fingerprint density at radius 1 is 1.25 bits per heavy atom. The van der Waals surface area contributed by atoms with Crippen LogP contribution in [-0.4, -0.2) is 18.5 Å². The predicted molar refractivity (Wildman–Crippen MR) is 84.3 cm³/mol. The number of aryl methyl sites for hydroxylation is 1. The van der Waals surface area contributed by atoms with Crippen molar-refractivity contribution in [1.29, 1.82) is 0 Å². The second-order valence-electron chi connectivity index (χ2n) is 5.58. The Morgan fingerprint density at radius 3 is 2.65 bits per heavy atom. The predicted octanol–water partition coefficient (Wildman–Crippen LogP) is 3.90. The van der Waals surface area contributed by atoms with Gasteiger partial charge in [-0.25, -0.2) is 0 Å². The van der Waals surface area contributed by atoms with Crippen LogP contribution in [-0.2, 0) is 4.79 Å². The summed E-state index contributed by atoms with van der Waals surface area (Å²) in [5, 5.41) is 6.93. The first-order valence-corrected chi connectivity index (χ1v) is 7.82. The van der Waals surface area contributed by atoms with Crippen molar-refractivity contribution in [3.05, 3.63) is 28.8 Å². The molecule has 0 bridgehead atoms. The van der Waals surface area contributed by atoms with Gasteiger partial charge < -0.3 is 10.6 Å². The molecule has 1 fully saturated rings. The number of hydrogen-bond acceptors (Lipinski definition) is 2. The highest BCUT2D eigenvalue weighted by atomic mass is 35.5. The number of rotatable bonds is 4. The Hall–Kier alpha value is -1.06. The minimum Gasteiger partial charge on any atom is -0.325 e. The molecule has 110 valence electrons. The van der Waals surface area contributed by atoms with Gasteiger partial charge in [0.15, 0.2) is 0 Å². The Morgan fingerprint density at radius 2 is 1.95 bits per heavy atom. The highest BCUT2D eigenvalue weighted by Crippen LogP contribution is 2.20. The molecule has 1 aliphatic carbocycles. The number of amides is 1. The molecule has 0 saturated heterocycles. The van der Waals surface area contributed by atoms with Gasteiger partial charge in [0, 0.05) is 16.8 Å². The number of anilines is 1. The molecule has 4 heteroatoms. The first-order valence-electron chi connectivity index (χ1n) is 7.44. The standard InChI is InChI=1S/C16H23ClN2O/c1-12-8-9-13(17)10-15(12)19-16(20)11-18-14-6-4-2-3-5-7-14/h8-10,14,18H,2-7,11H2,1H3,(H,19,20). The van der Waals surface area contributed by atoms with E-state index in [1.807, 2.05) is 19.1 Å². The number of nitrogens with one attached hydrogen (secondary N) is 2. The van der Waals surface area contributed by atoms with Gasteiger partial charge in [-0.2, -0.15) is 0 Å². The molecule has 0 unspecified atom stereocenters. The van der Waals surface area contributed by atoms with Crippen LogP contribution in [0, 0.1) is 6.92 Å². The lowest BCUT2D eigenvalue weighted by Gasteiger charge is -2.16. The van der Waals surface area contributed by atoms with Gasteiger partial charge in [-0.1, -0.05) is 43.4 Å². The molecule has 0 aliphatic heterocycles. The van der Waals surface area contributed by atoms with Crippen LogP contribution in [0.5, 0.6) is 0 Å². The molecule has 1 saturated carbocycles. The lowest BCUT2D eigenvalue weighted by molar-refractivity contribution is -0.115. The van der Waals surface area contributed by atoms with Gasteiger partial charge in [-0.15, -0.1) is 0 Å². The van der Waals surface area contributed by atoms with E-state index in [0.717, 1.165) is 11.3 Å². The van der Waals surface area contributed by atoms with E-state index in [-0.39, 0.29) is 5.91 Å². The van der Waals surface area contributed by atoms with Crippen LogP contribution in [0.3, 0.4) is 0 Å². The van der Waals surface area contributed by atoms with E-state index in [4.69, 9.17) is 11.6 Å². The van der Waals surface area contributed by atoms with E-state index in [1.165, 1.54) is 38.5 Å². The average Bonchev–Trinajstić information content (AvgIpc) is 2.69. The summed E-state index contributed by atoms with van der Waals surface area (Å²) >= 11 is 5.95. The van der Waals surface area contributed by atoms with E-state index >= 15 is 0 Å². The molecule has 3 nitrogen and oxygen atoms in total. The quantitative estimate of drug-likeness (QED) is 0.827. The van der Waals surface area contributed by atoms with Crippen molar-refractivity contribution in [2.45, 2.75) is 51.5 Å². The molecule has 0 heterocycles. The van der Waals surface area contributed by atoms with Gasteiger partial charge in [-0.3, -0.25) is 4.79 Å². The molecule has 0 spiro atoms. The van der Waals surface area contributed by atoms with Crippen LogP contribution in [0.15, 0.2) is 18.2 Å². The molecule has 1 aromatic carbocycles. The van der Waals surface area contributed by atoms with Gasteiger partial charge in [0.2, 0.25) is 5.91 Å². The van der Waals surface area contributed by atoms with Crippen LogP contribution in [0.25, 0.3) is 0 Å². The minimum atomic E-state index is -0.000358. The third-order valence-corrected chi connectivity index (χ3v) is 4.12. The lowest BCUT2D eigenvalue weighted by atomic mass is 10.1. The van der Waals surface area contributed by atoms with Gasteiger partial charge in [0.25, 0.3) is 0 Å². The normalized spacial score (nSPS) is 16.7. The molecule has 1 aliphatic rings. The van der Waals surface area contributed by atoms with E-state index in [1.54, 1.807) is 6.07 Å². The molecule has 1 amide bonds. The fourth-order valence-corrected chi connectivity index (χ4v) is 2.82. The molecular formula is C16H23ClN2O. The maximum atomic E-state index is 12.0. The molecular weight excluding hydrogens is 272 g/mol. The van der Waals surface area contributed by atoms with Crippen molar-refractivity contribution in [3.8, 4) is 0 Å². The zero-order chi connectivity index (χ0) is 14.4. The number of carbonyl (C=O) groups is 1. The molecule has 2 N–H and O–H groups in total. The Bertz CT molecular complexity index is 454. The van der Waals surface area contributed by atoms with Crippen LogP contribution in [0.2, 0.25) is 5.02 Å². The largest absolute Gasteiger partial charge is 0.325 e. The number of halogens is 1. The van der Waals surface area contributed by atoms with Crippen molar-refractivity contribution in [3.63, 3.8) is 0 Å². The summed E-state index contributed by atoms with van der Waals surface area (Å²) in [7, 11) is 0. The number of hydrogen-bond donors (Lipinski definition) is 2. The van der Waals surface area contributed by atoms with Crippen molar-refractivity contribution in [1.82, 2.24) is 5.32 Å². The Kier molecular flexibility index (Phi) is 5.86. The smallest absolute Gasteiger partial charge is 0.238 e. The first-order chi connectivity index (χ1) is 9.65. The lowest BCUT2D eigenvalue weighted by Crippen LogP contribution is -2.35. The summed E-state index contributed by atoms with van der Waals surface area (Å²) in [5.41, 5.74) is 1.82. The summed E-state index contributed by atoms with van der Waals surface area (Å²) in [6.07, 6.45) is 7.56. The van der Waals surface area contributed by atoms with Gasteiger partial charge >= 0.3 is 0 Å². The van der Waals surface area contributed by atoms with E-state index in [2.05, 4.69) is 10.6 Å². The van der Waals surface area contributed by atoms with Crippen molar-refractivity contribution in [2.75, 3.05) is 11.9 Å².